The Balaban J connectivity index is 2.04. The highest BCUT2D eigenvalue weighted by molar-refractivity contribution is 5.40. The Morgan fingerprint density at radius 3 is 2.48 bits per heavy atom. The molecule has 1 nitrogen and oxygen atoms in total. The average molecular weight is 283 g/mol. The number of hydrogen-bond donors (Lipinski definition) is 1. The van der Waals surface area contributed by atoms with Gasteiger partial charge in [-0.25, -0.2) is 4.39 Å². The highest BCUT2D eigenvalue weighted by Gasteiger charge is 2.51. The molecule has 1 aliphatic rings. The molecule has 2 aromatic rings. The van der Waals surface area contributed by atoms with Crippen LogP contribution in [0.2, 0.25) is 0 Å². The highest BCUT2D eigenvalue weighted by atomic mass is 19.1. The summed E-state index contributed by atoms with van der Waals surface area (Å²) in [6, 6.07) is 16.0. The molecule has 0 amide bonds. The van der Waals surface area contributed by atoms with E-state index in [9.17, 15) is 4.39 Å². The van der Waals surface area contributed by atoms with Crippen LogP contribution in [0.1, 0.15) is 42.5 Å². The minimum absolute atomic E-state index is 0.0461. The Hall–Kier alpha value is -1.67. The first-order valence-electron chi connectivity index (χ1n) is 7.72. The largest absolute Gasteiger partial charge is 0.309 e. The summed E-state index contributed by atoms with van der Waals surface area (Å²) in [5, 5.41) is 3.53. The second-order valence-corrected chi connectivity index (χ2v) is 6.04. The minimum atomic E-state index is -0.103. The van der Waals surface area contributed by atoms with Crippen LogP contribution in [-0.2, 0) is 5.41 Å². The van der Waals surface area contributed by atoms with Gasteiger partial charge in [-0.15, -0.1) is 0 Å². The third-order valence-electron chi connectivity index (χ3n) is 4.56. The van der Waals surface area contributed by atoms with Gasteiger partial charge in [0.15, 0.2) is 0 Å². The van der Waals surface area contributed by atoms with Gasteiger partial charge in [-0.3, -0.25) is 0 Å². The first-order valence-corrected chi connectivity index (χ1v) is 7.72. The van der Waals surface area contributed by atoms with E-state index in [0.29, 0.717) is 0 Å². The Morgan fingerprint density at radius 1 is 1.14 bits per heavy atom. The van der Waals surface area contributed by atoms with E-state index in [1.165, 1.54) is 5.56 Å². The van der Waals surface area contributed by atoms with E-state index in [2.05, 4.69) is 36.5 Å². The van der Waals surface area contributed by atoms with Crippen LogP contribution in [0.3, 0.4) is 0 Å². The molecule has 1 unspecified atom stereocenters. The molecule has 0 heterocycles. The van der Waals surface area contributed by atoms with Gasteiger partial charge < -0.3 is 5.32 Å². The van der Waals surface area contributed by atoms with Crippen molar-refractivity contribution >= 4 is 0 Å². The molecule has 2 aromatic carbocycles. The summed E-state index contributed by atoms with van der Waals surface area (Å²) < 4.78 is 14.4. The predicted molar refractivity (Wildman–Crippen MR) is 84.9 cm³/mol. The molecular weight excluding hydrogens is 261 g/mol. The Bertz CT molecular complexity index is 617. The first kappa shape index (κ1) is 14.3. The zero-order chi connectivity index (χ0) is 14.9. The molecule has 0 aromatic heterocycles. The molecule has 1 atom stereocenters. The normalized spacial score (nSPS) is 17.5. The summed E-state index contributed by atoms with van der Waals surface area (Å²) in [5.74, 6) is -0.103. The summed E-state index contributed by atoms with van der Waals surface area (Å²) in [6.45, 7) is 4.95. The van der Waals surface area contributed by atoms with Crippen molar-refractivity contribution < 1.29 is 4.39 Å². The topological polar surface area (TPSA) is 12.0 Å². The van der Waals surface area contributed by atoms with Gasteiger partial charge in [0.25, 0.3) is 0 Å². The quantitative estimate of drug-likeness (QED) is 0.851. The van der Waals surface area contributed by atoms with Crippen LogP contribution in [0.25, 0.3) is 0 Å². The molecule has 1 saturated carbocycles. The number of aryl methyl sites for hydroxylation is 1. The molecule has 3 rings (SSSR count). The molecular formula is C19H22FN. The maximum Gasteiger partial charge on any atom is 0.128 e. The van der Waals surface area contributed by atoms with Crippen LogP contribution < -0.4 is 5.32 Å². The van der Waals surface area contributed by atoms with E-state index in [1.807, 2.05) is 25.1 Å². The van der Waals surface area contributed by atoms with Crippen LogP contribution in [0.15, 0.2) is 48.5 Å². The van der Waals surface area contributed by atoms with Crippen molar-refractivity contribution in [3.05, 3.63) is 71.0 Å². The Kier molecular flexibility index (Phi) is 3.81. The molecule has 0 radical (unpaired) electrons. The maximum absolute atomic E-state index is 14.4. The predicted octanol–water partition coefficient (Wildman–Crippen LogP) is 4.52. The van der Waals surface area contributed by atoms with E-state index >= 15 is 0 Å². The fourth-order valence-electron chi connectivity index (χ4n) is 3.34. The van der Waals surface area contributed by atoms with Crippen molar-refractivity contribution in [2.75, 3.05) is 6.54 Å². The van der Waals surface area contributed by atoms with E-state index in [1.54, 1.807) is 6.07 Å². The van der Waals surface area contributed by atoms with Crippen molar-refractivity contribution in [3.63, 3.8) is 0 Å². The SMILES string of the molecule is CCNC(c1cc(C)ccc1F)C1(c2ccccc2)CC1. The summed E-state index contributed by atoms with van der Waals surface area (Å²) in [7, 11) is 0. The fourth-order valence-corrected chi connectivity index (χ4v) is 3.34. The number of nitrogens with one attached hydrogen (secondary N) is 1. The second kappa shape index (κ2) is 5.61. The number of rotatable bonds is 5. The van der Waals surface area contributed by atoms with E-state index in [4.69, 9.17) is 0 Å². The molecule has 1 fully saturated rings. The molecule has 1 N–H and O–H groups in total. The fraction of sp³-hybridized carbons (Fsp3) is 0.368. The van der Waals surface area contributed by atoms with Crippen molar-refractivity contribution in [2.45, 2.75) is 38.1 Å². The molecule has 2 heteroatoms. The molecule has 21 heavy (non-hydrogen) atoms. The lowest BCUT2D eigenvalue weighted by Crippen LogP contribution is -2.33. The standard InChI is InChI=1S/C19H22FN/c1-3-21-18(16-13-14(2)9-10-17(16)20)19(11-12-19)15-7-5-4-6-8-15/h4-10,13,18,21H,3,11-12H2,1-2H3. The van der Waals surface area contributed by atoms with E-state index < -0.39 is 0 Å². The van der Waals surface area contributed by atoms with Gasteiger partial charge in [0.1, 0.15) is 5.82 Å². The highest BCUT2D eigenvalue weighted by Crippen LogP contribution is 2.56. The molecule has 0 aliphatic heterocycles. The Morgan fingerprint density at radius 2 is 1.86 bits per heavy atom. The van der Waals surface area contributed by atoms with Crippen LogP contribution in [0.5, 0.6) is 0 Å². The van der Waals surface area contributed by atoms with Crippen molar-refractivity contribution in [1.82, 2.24) is 5.32 Å². The average Bonchev–Trinajstić information content (AvgIpc) is 3.30. The lowest BCUT2D eigenvalue weighted by molar-refractivity contribution is 0.421. The van der Waals surface area contributed by atoms with Crippen LogP contribution >= 0.6 is 0 Å². The number of hydrogen-bond acceptors (Lipinski definition) is 1. The monoisotopic (exact) mass is 283 g/mol. The molecule has 110 valence electrons. The lowest BCUT2D eigenvalue weighted by atomic mass is 9.83. The van der Waals surface area contributed by atoms with Crippen LogP contribution in [0, 0.1) is 12.7 Å². The molecule has 0 spiro atoms. The zero-order valence-electron chi connectivity index (χ0n) is 12.7. The summed E-state index contributed by atoms with van der Waals surface area (Å²) in [6.07, 6.45) is 2.23. The van der Waals surface area contributed by atoms with E-state index in [0.717, 1.165) is 30.5 Å². The van der Waals surface area contributed by atoms with Gasteiger partial charge in [-0.2, -0.15) is 0 Å². The maximum atomic E-state index is 14.4. The number of halogens is 1. The van der Waals surface area contributed by atoms with Crippen LogP contribution in [-0.4, -0.2) is 6.54 Å². The zero-order valence-corrected chi connectivity index (χ0v) is 12.7. The smallest absolute Gasteiger partial charge is 0.128 e. The molecule has 1 aliphatic carbocycles. The molecule has 0 saturated heterocycles. The lowest BCUT2D eigenvalue weighted by Gasteiger charge is -2.29. The van der Waals surface area contributed by atoms with E-state index in [-0.39, 0.29) is 17.3 Å². The van der Waals surface area contributed by atoms with Crippen LogP contribution in [0.4, 0.5) is 4.39 Å². The third-order valence-corrected chi connectivity index (χ3v) is 4.56. The van der Waals surface area contributed by atoms with Gasteiger partial charge in [-0.1, -0.05) is 55.0 Å². The summed E-state index contributed by atoms with van der Waals surface area (Å²) in [4.78, 5) is 0. The van der Waals surface area contributed by atoms with Gasteiger partial charge >= 0.3 is 0 Å². The van der Waals surface area contributed by atoms with Crippen molar-refractivity contribution in [1.29, 1.82) is 0 Å². The van der Waals surface area contributed by atoms with Gasteiger partial charge in [-0.05, 0) is 37.9 Å². The Labute approximate surface area is 126 Å². The first-order chi connectivity index (χ1) is 10.2. The van der Waals surface area contributed by atoms with Crippen molar-refractivity contribution in [2.24, 2.45) is 0 Å². The van der Waals surface area contributed by atoms with Gasteiger partial charge in [0, 0.05) is 17.0 Å². The number of benzene rings is 2. The van der Waals surface area contributed by atoms with Crippen molar-refractivity contribution in [3.8, 4) is 0 Å². The minimum Gasteiger partial charge on any atom is -0.309 e. The second-order valence-electron chi connectivity index (χ2n) is 6.04. The molecule has 0 bridgehead atoms. The van der Waals surface area contributed by atoms with Gasteiger partial charge in [0.2, 0.25) is 0 Å². The summed E-state index contributed by atoms with van der Waals surface area (Å²) >= 11 is 0. The van der Waals surface area contributed by atoms with Gasteiger partial charge in [0.05, 0.1) is 0 Å². The third kappa shape index (κ3) is 2.60. The number of likely N-dealkylation sites (N-methyl/N-ethyl adjacent to an activating group) is 1. The summed E-state index contributed by atoms with van der Waals surface area (Å²) in [5.41, 5.74) is 3.28.